The number of hydrogen-bond donors (Lipinski definition) is 1. The Kier molecular flexibility index (Phi) is 6.86. The van der Waals surface area contributed by atoms with E-state index in [9.17, 15) is 22.7 Å². The number of halogens is 4. The molecule has 1 aliphatic carbocycles. The Bertz CT molecular complexity index is 803. The quantitative estimate of drug-likeness (QED) is 0.378. The molecule has 3 rings (SSSR count). The standard InChI is InChI=1S/C24H28F4O/c1-2-3-4-5-16-6-8-17(9-7-16)18-10-12-19(13-11-18)20-14-15-21(29)22(23(20)25)24(26,27)28/h10-17,29H,2-9H2,1H3. The predicted molar refractivity (Wildman–Crippen MR) is 107 cm³/mol. The summed E-state index contributed by atoms with van der Waals surface area (Å²) in [5, 5.41) is 9.44. The molecule has 2 aromatic carbocycles. The molecule has 0 bridgehead atoms. The molecule has 5 heteroatoms. The first-order valence-electron chi connectivity index (χ1n) is 10.5. The lowest BCUT2D eigenvalue weighted by atomic mass is 9.77. The summed E-state index contributed by atoms with van der Waals surface area (Å²) >= 11 is 0. The van der Waals surface area contributed by atoms with Gasteiger partial charge in [0.05, 0.1) is 0 Å². The van der Waals surface area contributed by atoms with Gasteiger partial charge in [0.1, 0.15) is 17.1 Å². The first-order valence-corrected chi connectivity index (χ1v) is 10.5. The minimum absolute atomic E-state index is 0.152. The zero-order valence-corrected chi connectivity index (χ0v) is 16.7. The van der Waals surface area contributed by atoms with Gasteiger partial charge in [-0.25, -0.2) is 4.39 Å². The van der Waals surface area contributed by atoms with Gasteiger partial charge < -0.3 is 5.11 Å². The van der Waals surface area contributed by atoms with Crippen molar-refractivity contribution in [2.45, 2.75) is 70.4 Å². The lowest BCUT2D eigenvalue weighted by Crippen LogP contribution is -2.13. The third kappa shape index (κ3) is 5.12. The van der Waals surface area contributed by atoms with Crippen molar-refractivity contribution in [2.24, 2.45) is 5.92 Å². The number of alkyl halides is 3. The minimum Gasteiger partial charge on any atom is -0.507 e. The highest BCUT2D eigenvalue weighted by atomic mass is 19.4. The molecule has 0 atom stereocenters. The topological polar surface area (TPSA) is 20.2 Å². The van der Waals surface area contributed by atoms with E-state index >= 15 is 0 Å². The van der Waals surface area contributed by atoms with Crippen LogP contribution in [0.25, 0.3) is 11.1 Å². The van der Waals surface area contributed by atoms with E-state index in [0.717, 1.165) is 30.4 Å². The Morgan fingerprint density at radius 1 is 0.931 bits per heavy atom. The number of phenolic OH excluding ortho intramolecular Hbond substituents is 1. The van der Waals surface area contributed by atoms with E-state index in [-0.39, 0.29) is 5.56 Å². The number of benzene rings is 2. The van der Waals surface area contributed by atoms with E-state index in [1.807, 2.05) is 12.1 Å². The average Bonchev–Trinajstić information content (AvgIpc) is 2.68. The van der Waals surface area contributed by atoms with Crippen molar-refractivity contribution in [3.63, 3.8) is 0 Å². The molecule has 0 unspecified atom stereocenters. The molecule has 1 saturated carbocycles. The van der Waals surface area contributed by atoms with Gasteiger partial charge in [-0.05, 0) is 60.8 Å². The second-order valence-corrected chi connectivity index (χ2v) is 8.15. The van der Waals surface area contributed by atoms with E-state index in [2.05, 4.69) is 6.92 Å². The van der Waals surface area contributed by atoms with Crippen molar-refractivity contribution in [2.75, 3.05) is 0 Å². The fourth-order valence-corrected chi connectivity index (χ4v) is 4.46. The predicted octanol–water partition coefficient (Wildman–Crippen LogP) is 8.07. The van der Waals surface area contributed by atoms with Gasteiger partial charge in [0.15, 0.2) is 0 Å². The maximum Gasteiger partial charge on any atom is 0.422 e. The van der Waals surface area contributed by atoms with Crippen molar-refractivity contribution in [1.29, 1.82) is 0 Å². The molecule has 1 fully saturated rings. The molecular formula is C24H28F4O. The molecule has 0 radical (unpaired) electrons. The molecule has 0 saturated heterocycles. The second kappa shape index (κ2) is 9.19. The zero-order valence-electron chi connectivity index (χ0n) is 16.7. The molecule has 0 spiro atoms. The Morgan fingerprint density at radius 3 is 2.17 bits per heavy atom. The Balaban J connectivity index is 1.70. The van der Waals surface area contributed by atoms with Gasteiger partial charge in [0.25, 0.3) is 0 Å². The van der Waals surface area contributed by atoms with Gasteiger partial charge in [0.2, 0.25) is 0 Å². The molecule has 1 N–H and O–H groups in total. The van der Waals surface area contributed by atoms with E-state index in [1.165, 1.54) is 44.6 Å². The first kappa shape index (κ1) is 21.7. The van der Waals surface area contributed by atoms with Gasteiger partial charge in [-0.1, -0.05) is 56.9 Å². The molecule has 2 aromatic rings. The van der Waals surface area contributed by atoms with Crippen molar-refractivity contribution in [3.05, 3.63) is 53.3 Å². The molecule has 1 nitrogen and oxygen atoms in total. The summed E-state index contributed by atoms with van der Waals surface area (Å²) in [6, 6.07) is 9.25. The van der Waals surface area contributed by atoms with Crippen molar-refractivity contribution in [1.82, 2.24) is 0 Å². The van der Waals surface area contributed by atoms with E-state index in [4.69, 9.17) is 0 Å². The number of aromatic hydroxyl groups is 1. The smallest absolute Gasteiger partial charge is 0.422 e. The lowest BCUT2D eigenvalue weighted by molar-refractivity contribution is -0.141. The van der Waals surface area contributed by atoms with Crippen LogP contribution >= 0.6 is 0 Å². The Hall–Kier alpha value is -2.04. The van der Waals surface area contributed by atoms with Gasteiger partial charge in [0, 0.05) is 5.56 Å². The van der Waals surface area contributed by atoms with Crippen LogP contribution in [0.15, 0.2) is 36.4 Å². The van der Waals surface area contributed by atoms with Gasteiger partial charge in [-0.3, -0.25) is 0 Å². The summed E-state index contributed by atoms with van der Waals surface area (Å²) in [7, 11) is 0. The maximum absolute atomic E-state index is 14.5. The first-order chi connectivity index (χ1) is 13.8. The normalized spacial score (nSPS) is 20.0. The molecular weight excluding hydrogens is 380 g/mol. The number of unbranched alkanes of at least 4 members (excludes halogenated alkanes) is 2. The molecule has 29 heavy (non-hydrogen) atoms. The van der Waals surface area contributed by atoms with E-state index < -0.39 is 23.3 Å². The average molecular weight is 408 g/mol. The van der Waals surface area contributed by atoms with Crippen LogP contribution in [0.1, 0.15) is 75.3 Å². The largest absolute Gasteiger partial charge is 0.507 e. The van der Waals surface area contributed by atoms with E-state index in [0.29, 0.717) is 11.5 Å². The third-order valence-corrected chi connectivity index (χ3v) is 6.16. The van der Waals surface area contributed by atoms with Crippen LogP contribution in [0, 0.1) is 11.7 Å². The summed E-state index contributed by atoms with van der Waals surface area (Å²) in [6.07, 6.45) is 4.90. The number of rotatable bonds is 6. The minimum atomic E-state index is -4.94. The molecule has 0 aromatic heterocycles. The summed E-state index contributed by atoms with van der Waals surface area (Å²) in [5.74, 6) is -1.25. The second-order valence-electron chi connectivity index (χ2n) is 8.15. The summed E-state index contributed by atoms with van der Waals surface area (Å²) in [5.41, 5.74) is -0.220. The third-order valence-electron chi connectivity index (χ3n) is 6.16. The number of phenols is 1. The molecule has 0 amide bonds. The van der Waals surface area contributed by atoms with Crippen LogP contribution in [0.5, 0.6) is 5.75 Å². The van der Waals surface area contributed by atoms with Crippen LogP contribution in [0.2, 0.25) is 0 Å². The van der Waals surface area contributed by atoms with Crippen LogP contribution < -0.4 is 0 Å². The van der Waals surface area contributed by atoms with Gasteiger partial charge in [-0.15, -0.1) is 0 Å². The van der Waals surface area contributed by atoms with Crippen molar-refractivity contribution >= 4 is 0 Å². The van der Waals surface area contributed by atoms with Gasteiger partial charge >= 0.3 is 6.18 Å². The molecule has 1 aliphatic rings. The number of hydrogen-bond acceptors (Lipinski definition) is 1. The maximum atomic E-state index is 14.5. The summed E-state index contributed by atoms with van der Waals surface area (Å²) < 4.78 is 53.6. The molecule has 158 valence electrons. The molecule has 0 heterocycles. The summed E-state index contributed by atoms with van der Waals surface area (Å²) in [6.45, 7) is 2.22. The highest BCUT2D eigenvalue weighted by Gasteiger charge is 2.38. The SMILES string of the molecule is CCCCCC1CCC(c2ccc(-c3ccc(O)c(C(F)(F)F)c3F)cc2)CC1. The Labute approximate surface area is 169 Å². The fourth-order valence-electron chi connectivity index (χ4n) is 4.46. The van der Waals surface area contributed by atoms with E-state index in [1.54, 1.807) is 12.1 Å². The molecule has 0 aliphatic heterocycles. The van der Waals surface area contributed by atoms with Crippen molar-refractivity contribution in [3.8, 4) is 16.9 Å². The van der Waals surface area contributed by atoms with Gasteiger partial charge in [-0.2, -0.15) is 13.2 Å². The zero-order chi connectivity index (χ0) is 21.0. The highest BCUT2D eigenvalue weighted by molar-refractivity contribution is 5.67. The van der Waals surface area contributed by atoms with Crippen molar-refractivity contribution < 1.29 is 22.7 Å². The summed E-state index contributed by atoms with van der Waals surface area (Å²) in [4.78, 5) is 0. The van der Waals surface area contributed by atoms with Crippen LogP contribution in [-0.2, 0) is 6.18 Å². The lowest BCUT2D eigenvalue weighted by Gasteiger charge is -2.29. The highest BCUT2D eigenvalue weighted by Crippen LogP contribution is 2.42. The van der Waals surface area contributed by atoms with Crippen LogP contribution in [0.3, 0.4) is 0 Å². The van der Waals surface area contributed by atoms with Crippen LogP contribution in [-0.4, -0.2) is 5.11 Å². The Morgan fingerprint density at radius 2 is 1.59 bits per heavy atom. The van der Waals surface area contributed by atoms with Crippen LogP contribution in [0.4, 0.5) is 17.6 Å². The monoisotopic (exact) mass is 408 g/mol. The fraction of sp³-hybridized carbons (Fsp3) is 0.500.